The van der Waals surface area contributed by atoms with Crippen molar-refractivity contribution in [1.29, 1.82) is 0 Å². The van der Waals surface area contributed by atoms with Gasteiger partial charge in [0.05, 0.1) is 12.2 Å². The molecule has 0 spiro atoms. The van der Waals surface area contributed by atoms with Gasteiger partial charge in [0.2, 0.25) is 5.91 Å². The van der Waals surface area contributed by atoms with Crippen molar-refractivity contribution in [1.82, 2.24) is 24.9 Å². The predicted octanol–water partition coefficient (Wildman–Crippen LogP) is 0.983. The highest BCUT2D eigenvalue weighted by molar-refractivity contribution is 5.76. The summed E-state index contributed by atoms with van der Waals surface area (Å²) in [7, 11) is 0. The first kappa shape index (κ1) is 13.3. The molecule has 0 fully saturated rings. The first-order chi connectivity index (χ1) is 9.13. The number of aromatic nitrogens is 4. The zero-order chi connectivity index (χ0) is 13.7. The third-order valence-electron chi connectivity index (χ3n) is 2.77. The molecule has 2 heterocycles. The highest BCUT2D eigenvalue weighted by atomic mass is 16.1. The van der Waals surface area contributed by atoms with Gasteiger partial charge < -0.3 is 5.32 Å². The van der Waals surface area contributed by atoms with Crippen LogP contribution in [0.2, 0.25) is 0 Å². The molecule has 2 aromatic heterocycles. The van der Waals surface area contributed by atoms with Crippen LogP contribution in [-0.4, -0.2) is 31.5 Å². The van der Waals surface area contributed by atoms with Crippen LogP contribution in [0.15, 0.2) is 30.7 Å². The van der Waals surface area contributed by atoms with E-state index in [0.29, 0.717) is 19.5 Å². The molecule has 1 atom stereocenters. The summed E-state index contributed by atoms with van der Waals surface area (Å²) in [5.41, 5.74) is 0.965. The van der Waals surface area contributed by atoms with Gasteiger partial charge in [-0.3, -0.25) is 14.2 Å². The fraction of sp³-hybridized carbons (Fsp3) is 0.462. The highest BCUT2D eigenvalue weighted by Gasteiger charge is 2.08. The molecule has 102 valence electrons. The fourth-order valence-corrected chi connectivity index (χ4v) is 1.89. The number of amides is 1. The van der Waals surface area contributed by atoms with E-state index in [0.717, 1.165) is 5.69 Å². The second kappa shape index (κ2) is 6.17. The Labute approximate surface area is 112 Å². The van der Waals surface area contributed by atoms with Gasteiger partial charge in [-0.1, -0.05) is 0 Å². The Balaban J connectivity index is 1.71. The Hall–Kier alpha value is -2.11. The minimum atomic E-state index is 0.0350. The lowest BCUT2D eigenvalue weighted by molar-refractivity contribution is -0.122. The number of nitrogens with zero attached hydrogens (tertiary/aromatic N) is 4. The van der Waals surface area contributed by atoms with E-state index in [-0.39, 0.29) is 11.9 Å². The molecule has 0 saturated carbocycles. The average Bonchev–Trinajstić information content (AvgIpc) is 2.98. The van der Waals surface area contributed by atoms with Crippen LogP contribution >= 0.6 is 0 Å². The number of carbonyl (C=O) groups excluding carboxylic acids is 1. The molecule has 1 amide bonds. The molecule has 0 saturated heterocycles. The first-order valence-electron chi connectivity index (χ1n) is 6.40. The lowest BCUT2D eigenvalue weighted by Gasteiger charge is -2.13. The Bertz CT molecular complexity index is 517. The van der Waals surface area contributed by atoms with E-state index in [2.05, 4.69) is 15.5 Å². The summed E-state index contributed by atoms with van der Waals surface area (Å²) in [5.74, 6) is 0.0350. The Morgan fingerprint density at radius 2 is 2.26 bits per heavy atom. The maximum Gasteiger partial charge on any atom is 0.222 e. The molecule has 6 heteroatoms. The fourth-order valence-electron chi connectivity index (χ4n) is 1.89. The smallest absolute Gasteiger partial charge is 0.222 e. The van der Waals surface area contributed by atoms with Gasteiger partial charge in [-0.2, -0.15) is 10.2 Å². The molecule has 0 aromatic carbocycles. The van der Waals surface area contributed by atoms with Gasteiger partial charge in [-0.05, 0) is 26.0 Å². The molecule has 2 rings (SSSR count). The van der Waals surface area contributed by atoms with E-state index in [1.807, 2.05) is 43.1 Å². The van der Waals surface area contributed by atoms with E-state index >= 15 is 0 Å². The molecular weight excluding hydrogens is 242 g/mol. The van der Waals surface area contributed by atoms with Gasteiger partial charge >= 0.3 is 0 Å². The third-order valence-corrected chi connectivity index (χ3v) is 2.77. The van der Waals surface area contributed by atoms with E-state index < -0.39 is 0 Å². The summed E-state index contributed by atoms with van der Waals surface area (Å²) < 4.78 is 3.59. The monoisotopic (exact) mass is 261 g/mol. The van der Waals surface area contributed by atoms with Crippen molar-refractivity contribution in [3.05, 3.63) is 36.4 Å². The molecule has 0 aliphatic heterocycles. The van der Waals surface area contributed by atoms with Crippen molar-refractivity contribution in [2.24, 2.45) is 0 Å². The molecule has 1 N–H and O–H groups in total. The lowest BCUT2D eigenvalue weighted by Crippen LogP contribution is -2.36. The van der Waals surface area contributed by atoms with Gasteiger partial charge in [0.1, 0.15) is 0 Å². The number of rotatable bonds is 6. The number of hydrogen-bond donors (Lipinski definition) is 1. The summed E-state index contributed by atoms with van der Waals surface area (Å²) in [5, 5.41) is 11.3. The SMILES string of the molecule is Cc1ccn(CCC(=O)NC(C)Cn2cccn2)n1. The maximum atomic E-state index is 11.8. The summed E-state index contributed by atoms with van der Waals surface area (Å²) in [4.78, 5) is 11.8. The van der Waals surface area contributed by atoms with Gasteiger partial charge in [-0.25, -0.2) is 0 Å². The molecular formula is C13H19N5O. The van der Waals surface area contributed by atoms with Gasteiger partial charge in [0.15, 0.2) is 0 Å². The van der Waals surface area contributed by atoms with Crippen LogP contribution < -0.4 is 5.32 Å². The van der Waals surface area contributed by atoms with Crippen LogP contribution in [0.1, 0.15) is 19.0 Å². The Morgan fingerprint density at radius 1 is 1.42 bits per heavy atom. The van der Waals surface area contributed by atoms with Crippen molar-refractivity contribution in [2.45, 2.75) is 39.4 Å². The average molecular weight is 261 g/mol. The molecule has 1 unspecified atom stereocenters. The zero-order valence-corrected chi connectivity index (χ0v) is 11.3. The van der Waals surface area contributed by atoms with Crippen molar-refractivity contribution in [2.75, 3.05) is 0 Å². The minimum Gasteiger partial charge on any atom is -0.352 e. The maximum absolute atomic E-state index is 11.8. The normalized spacial score (nSPS) is 12.3. The first-order valence-corrected chi connectivity index (χ1v) is 6.40. The molecule has 19 heavy (non-hydrogen) atoms. The number of nitrogens with one attached hydrogen (secondary N) is 1. The van der Waals surface area contributed by atoms with Gasteiger partial charge in [-0.15, -0.1) is 0 Å². The van der Waals surface area contributed by atoms with E-state index in [1.54, 1.807) is 10.9 Å². The summed E-state index contributed by atoms with van der Waals surface area (Å²) >= 11 is 0. The molecule has 2 aromatic rings. The number of carbonyl (C=O) groups is 1. The van der Waals surface area contributed by atoms with Crippen LogP contribution in [0.25, 0.3) is 0 Å². The summed E-state index contributed by atoms with van der Waals surface area (Å²) in [6.45, 7) is 5.19. The second-order valence-electron chi connectivity index (χ2n) is 4.67. The molecule has 0 bridgehead atoms. The number of aryl methyl sites for hydroxylation is 2. The molecule has 0 radical (unpaired) electrons. The second-order valence-corrected chi connectivity index (χ2v) is 4.67. The van der Waals surface area contributed by atoms with Crippen LogP contribution in [0, 0.1) is 6.92 Å². The Morgan fingerprint density at radius 3 is 2.89 bits per heavy atom. The van der Waals surface area contributed by atoms with Crippen molar-refractivity contribution in [3.63, 3.8) is 0 Å². The molecule has 0 aliphatic carbocycles. The third kappa shape index (κ3) is 4.24. The topological polar surface area (TPSA) is 64.7 Å². The Kier molecular flexibility index (Phi) is 4.33. The summed E-state index contributed by atoms with van der Waals surface area (Å²) in [6, 6.07) is 3.86. The molecule has 0 aliphatic rings. The van der Waals surface area contributed by atoms with Crippen LogP contribution in [-0.2, 0) is 17.9 Å². The highest BCUT2D eigenvalue weighted by Crippen LogP contribution is 1.96. The summed E-state index contributed by atoms with van der Waals surface area (Å²) in [6.07, 6.45) is 5.93. The van der Waals surface area contributed by atoms with E-state index in [4.69, 9.17) is 0 Å². The van der Waals surface area contributed by atoms with Crippen molar-refractivity contribution >= 4 is 5.91 Å². The van der Waals surface area contributed by atoms with Gasteiger partial charge in [0, 0.05) is 37.6 Å². The van der Waals surface area contributed by atoms with E-state index in [1.165, 1.54) is 0 Å². The molecule has 6 nitrogen and oxygen atoms in total. The van der Waals surface area contributed by atoms with Gasteiger partial charge in [0.25, 0.3) is 0 Å². The van der Waals surface area contributed by atoms with Crippen molar-refractivity contribution < 1.29 is 4.79 Å². The number of hydrogen-bond acceptors (Lipinski definition) is 3. The van der Waals surface area contributed by atoms with Crippen LogP contribution in [0.3, 0.4) is 0 Å². The van der Waals surface area contributed by atoms with E-state index in [9.17, 15) is 4.79 Å². The standard InChI is InChI=1S/C13H19N5O/c1-11-4-8-17(16-11)9-5-13(19)15-12(2)10-18-7-3-6-14-18/h3-4,6-8,12H,5,9-10H2,1-2H3,(H,15,19). The van der Waals surface area contributed by atoms with Crippen molar-refractivity contribution in [3.8, 4) is 0 Å². The zero-order valence-electron chi connectivity index (χ0n) is 11.3. The van der Waals surface area contributed by atoms with Crippen LogP contribution in [0.4, 0.5) is 0 Å². The van der Waals surface area contributed by atoms with Crippen LogP contribution in [0.5, 0.6) is 0 Å². The minimum absolute atomic E-state index is 0.0350. The lowest BCUT2D eigenvalue weighted by atomic mass is 10.3. The largest absolute Gasteiger partial charge is 0.352 e. The quantitative estimate of drug-likeness (QED) is 0.843. The predicted molar refractivity (Wildman–Crippen MR) is 71.4 cm³/mol.